The van der Waals surface area contributed by atoms with E-state index < -0.39 is 5.97 Å². The molecule has 0 aromatic heterocycles. The SMILES string of the molecule is C=CCCCOc1ccc(C(=O)O)c(C)c1. The molecule has 0 aliphatic rings. The zero-order valence-electron chi connectivity index (χ0n) is 9.40. The van der Waals surface area contributed by atoms with Gasteiger partial charge in [-0.05, 0) is 43.5 Å². The number of carboxylic acid groups (broad SMARTS) is 1. The van der Waals surface area contributed by atoms with Gasteiger partial charge in [-0.25, -0.2) is 4.79 Å². The fourth-order valence-electron chi connectivity index (χ4n) is 1.38. The van der Waals surface area contributed by atoms with Crippen LogP contribution in [0.15, 0.2) is 30.9 Å². The summed E-state index contributed by atoms with van der Waals surface area (Å²) in [5, 5.41) is 8.85. The molecule has 0 unspecified atom stereocenters. The Morgan fingerprint density at radius 2 is 2.31 bits per heavy atom. The Morgan fingerprint density at radius 3 is 2.88 bits per heavy atom. The van der Waals surface area contributed by atoms with Gasteiger partial charge in [0, 0.05) is 0 Å². The van der Waals surface area contributed by atoms with Crippen LogP contribution in [0.4, 0.5) is 0 Å². The number of hydrogen-bond acceptors (Lipinski definition) is 2. The predicted molar refractivity (Wildman–Crippen MR) is 63.1 cm³/mol. The first-order valence-electron chi connectivity index (χ1n) is 5.23. The third-order valence-corrected chi connectivity index (χ3v) is 2.25. The number of ether oxygens (including phenoxy) is 1. The van der Waals surface area contributed by atoms with E-state index in [1.165, 1.54) is 0 Å². The lowest BCUT2D eigenvalue weighted by molar-refractivity contribution is 0.0696. The molecular weight excluding hydrogens is 204 g/mol. The predicted octanol–water partition coefficient (Wildman–Crippen LogP) is 3.04. The molecule has 1 N–H and O–H groups in total. The van der Waals surface area contributed by atoms with Gasteiger partial charge in [-0.15, -0.1) is 6.58 Å². The van der Waals surface area contributed by atoms with Gasteiger partial charge in [0.05, 0.1) is 12.2 Å². The summed E-state index contributed by atoms with van der Waals surface area (Å²) >= 11 is 0. The summed E-state index contributed by atoms with van der Waals surface area (Å²) in [5.74, 6) is -0.192. The number of carboxylic acids is 1. The number of unbranched alkanes of at least 4 members (excludes halogenated alkanes) is 1. The van der Waals surface area contributed by atoms with Crippen LogP contribution in [0.1, 0.15) is 28.8 Å². The Balaban J connectivity index is 2.59. The Hall–Kier alpha value is -1.77. The van der Waals surface area contributed by atoms with Crippen LogP contribution < -0.4 is 4.74 Å². The summed E-state index contributed by atoms with van der Waals surface area (Å²) in [6.07, 6.45) is 3.69. The number of carbonyl (C=O) groups is 1. The van der Waals surface area contributed by atoms with Crippen molar-refractivity contribution in [2.24, 2.45) is 0 Å². The van der Waals surface area contributed by atoms with Crippen molar-refractivity contribution < 1.29 is 14.6 Å². The number of benzene rings is 1. The molecule has 0 bridgehead atoms. The molecule has 0 fully saturated rings. The van der Waals surface area contributed by atoms with E-state index in [4.69, 9.17) is 9.84 Å². The third kappa shape index (κ3) is 3.42. The lowest BCUT2D eigenvalue weighted by Crippen LogP contribution is -2.01. The molecule has 3 nitrogen and oxygen atoms in total. The van der Waals surface area contributed by atoms with Crippen molar-refractivity contribution in [2.45, 2.75) is 19.8 Å². The topological polar surface area (TPSA) is 46.5 Å². The average molecular weight is 220 g/mol. The fraction of sp³-hybridized carbons (Fsp3) is 0.308. The molecule has 0 atom stereocenters. The standard InChI is InChI=1S/C13H16O3/c1-3-4-5-8-16-11-6-7-12(13(14)15)10(2)9-11/h3,6-7,9H,1,4-5,8H2,2H3,(H,14,15). The molecular formula is C13H16O3. The van der Waals surface area contributed by atoms with E-state index in [-0.39, 0.29) is 0 Å². The molecule has 0 aliphatic heterocycles. The fourth-order valence-corrected chi connectivity index (χ4v) is 1.38. The summed E-state index contributed by atoms with van der Waals surface area (Å²) in [5.41, 5.74) is 1.03. The molecule has 86 valence electrons. The zero-order chi connectivity index (χ0) is 12.0. The molecule has 0 amide bonds. The molecule has 0 saturated heterocycles. The lowest BCUT2D eigenvalue weighted by atomic mass is 10.1. The highest BCUT2D eigenvalue weighted by Crippen LogP contribution is 2.17. The zero-order valence-corrected chi connectivity index (χ0v) is 9.40. The minimum atomic E-state index is -0.907. The van der Waals surface area contributed by atoms with E-state index in [1.807, 2.05) is 6.08 Å². The number of rotatable bonds is 6. The maximum Gasteiger partial charge on any atom is 0.335 e. The van der Waals surface area contributed by atoms with Gasteiger partial charge in [-0.3, -0.25) is 0 Å². The maximum atomic E-state index is 10.8. The molecule has 1 aromatic rings. The Labute approximate surface area is 95.4 Å². The second-order valence-corrected chi connectivity index (χ2v) is 3.56. The summed E-state index contributed by atoms with van der Waals surface area (Å²) in [7, 11) is 0. The molecule has 0 saturated carbocycles. The van der Waals surface area contributed by atoms with Crippen LogP contribution in [0.2, 0.25) is 0 Å². The Bertz CT molecular complexity index is 383. The van der Waals surface area contributed by atoms with E-state index in [0.29, 0.717) is 23.5 Å². The van der Waals surface area contributed by atoms with Crippen molar-refractivity contribution in [2.75, 3.05) is 6.61 Å². The van der Waals surface area contributed by atoms with Crippen LogP contribution in [0, 0.1) is 6.92 Å². The second kappa shape index (κ2) is 5.95. The second-order valence-electron chi connectivity index (χ2n) is 3.56. The van der Waals surface area contributed by atoms with Gasteiger partial charge in [0.25, 0.3) is 0 Å². The summed E-state index contributed by atoms with van der Waals surface area (Å²) in [4.78, 5) is 10.8. The molecule has 1 aromatic carbocycles. The molecule has 3 heteroatoms. The van der Waals surface area contributed by atoms with Crippen molar-refractivity contribution in [1.29, 1.82) is 0 Å². The van der Waals surface area contributed by atoms with E-state index in [0.717, 1.165) is 12.8 Å². The lowest BCUT2D eigenvalue weighted by Gasteiger charge is -2.07. The van der Waals surface area contributed by atoms with E-state index >= 15 is 0 Å². The Kier molecular flexibility index (Phi) is 4.58. The minimum absolute atomic E-state index is 0.318. The van der Waals surface area contributed by atoms with Crippen molar-refractivity contribution in [1.82, 2.24) is 0 Å². The van der Waals surface area contributed by atoms with E-state index in [1.54, 1.807) is 25.1 Å². The number of hydrogen-bond donors (Lipinski definition) is 1. The smallest absolute Gasteiger partial charge is 0.335 e. The molecule has 1 rings (SSSR count). The van der Waals surface area contributed by atoms with Gasteiger partial charge in [0.15, 0.2) is 0 Å². The summed E-state index contributed by atoms with van der Waals surface area (Å²) in [6, 6.07) is 5.00. The molecule has 0 spiro atoms. The monoisotopic (exact) mass is 220 g/mol. The normalized spacial score (nSPS) is 9.81. The molecule has 16 heavy (non-hydrogen) atoms. The van der Waals surface area contributed by atoms with Gasteiger partial charge in [0.1, 0.15) is 5.75 Å². The van der Waals surface area contributed by atoms with Crippen molar-refractivity contribution in [3.8, 4) is 5.75 Å². The van der Waals surface area contributed by atoms with Gasteiger partial charge < -0.3 is 9.84 Å². The number of aromatic carboxylic acids is 1. The quantitative estimate of drug-likeness (QED) is 0.592. The van der Waals surface area contributed by atoms with Gasteiger partial charge in [0.2, 0.25) is 0 Å². The van der Waals surface area contributed by atoms with Gasteiger partial charge in [-0.1, -0.05) is 6.08 Å². The highest BCUT2D eigenvalue weighted by molar-refractivity contribution is 5.89. The van der Waals surface area contributed by atoms with Gasteiger partial charge in [-0.2, -0.15) is 0 Å². The third-order valence-electron chi connectivity index (χ3n) is 2.25. The first-order chi connectivity index (χ1) is 7.65. The summed E-state index contributed by atoms with van der Waals surface area (Å²) in [6.45, 7) is 6.02. The van der Waals surface area contributed by atoms with Crippen molar-refractivity contribution in [3.63, 3.8) is 0 Å². The average Bonchev–Trinajstić information content (AvgIpc) is 2.24. The highest BCUT2D eigenvalue weighted by atomic mass is 16.5. The summed E-state index contributed by atoms with van der Waals surface area (Å²) < 4.78 is 5.48. The minimum Gasteiger partial charge on any atom is -0.494 e. The van der Waals surface area contributed by atoms with E-state index in [9.17, 15) is 4.79 Å². The van der Waals surface area contributed by atoms with E-state index in [2.05, 4.69) is 6.58 Å². The molecule has 0 aliphatic carbocycles. The molecule has 0 radical (unpaired) electrons. The first kappa shape index (κ1) is 12.3. The van der Waals surface area contributed by atoms with Crippen LogP contribution in [0.25, 0.3) is 0 Å². The van der Waals surface area contributed by atoms with Crippen molar-refractivity contribution >= 4 is 5.97 Å². The first-order valence-corrected chi connectivity index (χ1v) is 5.23. The van der Waals surface area contributed by atoms with Crippen molar-refractivity contribution in [3.05, 3.63) is 42.0 Å². The molecule has 0 heterocycles. The largest absolute Gasteiger partial charge is 0.494 e. The number of allylic oxidation sites excluding steroid dienone is 1. The van der Waals surface area contributed by atoms with Crippen LogP contribution in [-0.4, -0.2) is 17.7 Å². The van der Waals surface area contributed by atoms with Crippen LogP contribution in [0.5, 0.6) is 5.75 Å². The van der Waals surface area contributed by atoms with Crippen LogP contribution >= 0.6 is 0 Å². The highest BCUT2D eigenvalue weighted by Gasteiger charge is 2.07. The number of aryl methyl sites for hydroxylation is 1. The van der Waals surface area contributed by atoms with Crippen LogP contribution in [-0.2, 0) is 0 Å². The maximum absolute atomic E-state index is 10.8. The van der Waals surface area contributed by atoms with Gasteiger partial charge >= 0.3 is 5.97 Å². The Morgan fingerprint density at radius 1 is 1.56 bits per heavy atom. The van der Waals surface area contributed by atoms with Crippen LogP contribution in [0.3, 0.4) is 0 Å².